The lowest BCUT2D eigenvalue weighted by Gasteiger charge is -2.29. The summed E-state index contributed by atoms with van der Waals surface area (Å²) < 4.78 is 5.99. The summed E-state index contributed by atoms with van der Waals surface area (Å²) in [7, 11) is 0. The van der Waals surface area contributed by atoms with Crippen LogP contribution in [0.15, 0.2) is 21.4 Å². The van der Waals surface area contributed by atoms with Gasteiger partial charge in [-0.25, -0.2) is 0 Å². The van der Waals surface area contributed by atoms with Crippen LogP contribution in [0.4, 0.5) is 0 Å². The maximum absolute atomic E-state index is 5.55. The zero-order valence-electron chi connectivity index (χ0n) is 8.00. The fourth-order valence-corrected chi connectivity index (χ4v) is 2.42. The maximum atomic E-state index is 5.55. The highest BCUT2D eigenvalue weighted by Crippen LogP contribution is 2.36. The number of hydrogen-bond donors (Lipinski definition) is 2. The summed E-state index contributed by atoms with van der Waals surface area (Å²) in [5, 5.41) is 0. The van der Waals surface area contributed by atoms with Gasteiger partial charge in [-0.05, 0) is 34.3 Å². The van der Waals surface area contributed by atoms with Crippen molar-refractivity contribution in [1.82, 2.24) is 5.43 Å². The Morgan fingerprint density at radius 2 is 2.43 bits per heavy atom. The molecule has 0 aliphatic heterocycles. The lowest BCUT2D eigenvalue weighted by molar-refractivity contribution is 0.261. The van der Waals surface area contributed by atoms with Gasteiger partial charge in [0, 0.05) is 5.56 Å². The number of hydrogen-bond acceptors (Lipinski definition) is 3. The van der Waals surface area contributed by atoms with Gasteiger partial charge in [-0.15, -0.1) is 0 Å². The quantitative estimate of drug-likeness (QED) is 0.645. The summed E-state index contributed by atoms with van der Waals surface area (Å²) in [5.74, 6) is 6.38. The molecule has 0 radical (unpaired) electrons. The first-order valence-electron chi connectivity index (χ1n) is 5.00. The Bertz CT molecular complexity index is 296. The molecule has 1 aromatic rings. The number of nitrogens with one attached hydrogen (secondary N) is 1. The van der Waals surface area contributed by atoms with Gasteiger partial charge in [0.2, 0.25) is 0 Å². The average molecular weight is 259 g/mol. The third kappa shape index (κ3) is 2.02. The van der Waals surface area contributed by atoms with Crippen molar-refractivity contribution in [3.8, 4) is 0 Å². The highest BCUT2D eigenvalue weighted by atomic mass is 79.9. The van der Waals surface area contributed by atoms with Crippen LogP contribution in [0.3, 0.4) is 0 Å². The second-order valence-electron chi connectivity index (χ2n) is 3.90. The molecule has 0 aromatic carbocycles. The Labute approximate surface area is 92.1 Å². The first-order chi connectivity index (χ1) is 6.81. The number of furan rings is 1. The summed E-state index contributed by atoms with van der Waals surface area (Å²) in [6, 6.07) is 2.18. The molecule has 78 valence electrons. The Morgan fingerprint density at radius 1 is 1.64 bits per heavy atom. The standard InChI is InChI=1S/C10H15BrN2O/c11-10-8(4-5-14-10)9(13-12)6-7-2-1-3-7/h4-5,7,9,13H,1-3,6,12H2. The summed E-state index contributed by atoms with van der Waals surface area (Å²) in [6.45, 7) is 0. The van der Waals surface area contributed by atoms with Crippen LogP contribution in [0, 0.1) is 5.92 Å². The second-order valence-corrected chi connectivity index (χ2v) is 4.62. The summed E-state index contributed by atoms with van der Waals surface area (Å²) in [4.78, 5) is 0. The molecule has 1 aliphatic rings. The molecular formula is C10H15BrN2O. The first-order valence-corrected chi connectivity index (χ1v) is 5.79. The van der Waals surface area contributed by atoms with E-state index in [0.717, 1.165) is 22.6 Å². The first kappa shape index (κ1) is 10.2. The normalized spacial score (nSPS) is 19.3. The van der Waals surface area contributed by atoms with Crippen LogP contribution in [0.25, 0.3) is 0 Å². The highest BCUT2D eigenvalue weighted by molar-refractivity contribution is 9.10. The minimum absolute atomic E-state index is 0.216. The fraction of sp³-hybridized carbons (Fsp3) is 0.600. The number of nitrogens with two attached hydrogens (primary N) is 1. The van der Waals surface area contributed by atoms with E-state index in [1.807, 2.05) is 6.07 Å². The van der Waals surface area contributed by atoms with E-state index in [-0.39, 0.29) is 6.04 Å². The van der Waals surface area contributed by atoms with Gasteiger partial charge in [0.25, 0.3) is 0 Å². The van der Waals surface area contributed by atoms with Gasteiger partial charge in [0.1, 0.15) is 0 Å². The molecule has 1 atom stereocenters. The second kappa shape index (κ2) is 4.47. The summed E-state index contributed by atoms with van der Waals surface area (Å²) in [5.41, 5.74) is 3.98. The average Bonchev–Trinajstić information content (AvgIpc) is 2.51. The minimum Gasteiger partial charge on any atom is -0.457 e. The molecule has 0 bridgehead atoms. The van der Waals surface area contributed by atoms with Gasteiger partial charge in [0.15, 0.2) is 4.67 Å². The van der Waals surface area contributed by atoms with Gasteiger partial charge < -0.3 is 4.42 Å². The van der Waals surface area contributed by atoms with Crippen LogP contribution in [0.5, 0.6) is 0 Å². The van der Waals surface area contributed by atoms with Crippen molar-refractivity contribution in [1.29, 1.82) is 0 Å². The fourth-order valence-electron chi connectivity index (χ4n) is 1.90. The Balaban J connectivity index is 2.01. The van der Waals surface area contributed by atoms with Gasteiger partial charge in [-0.3, -0.25) is 11.3 Å². The Kier molecular flexibility index (Phi) is 3.26. The van der Waals surface area contributed by atoms with Crippen molar-refractivity contribution in [2.75, 3.05) is 0 Å². The number of rotatable bonds is 4. The zero-order valence-corrected chi connectivity index (χ0v) is 9.59. The van der Waals surface area contributed by atoms with Crippen LogP contribution in [0.1, 0.15) is 37.3 Å². The van der Waals surface area contributed by atoms with E-state index >= 15 is 0 Å². The molecule has 3 nitrogen and oxygen atoms in total. The molecule has 4 heteroatoms. The molecular weight excluding hydrogens is 244 g/mol. The summed E-state index contributed by atoms with van der Waals surface area (Å²) in [6.07, 6.45) is 6.84. The third-order valence-electron chi connectivity index (χ3n) is 3.02. The van der Waals surface area contributed by atoms with E-state index in [2.05, 4.69) is 21.4 Å². The zero-order chi connectivity index (χ0) is 9.97. The van der Waals surface area contributed by atoms with E-state index in [4.69, 9.17) is 10.3 Å². The van der Waals surface area contributed by atoms with Crippen molar-refractivity contribution >= 4 is 15.9 Å². The van der Waals surface area contributed by atoms with Crippen LogP contribution >= 0.6 is 15.9 Å². The van der Waals surface area contributed by atoms with Crippen LogP contribution in [-0.2, 0) is 0 Å². The maximum Gasteiger partial charge on any atom is 0.173 e. The third-order valence-corrected chi connectivity index (χ3v) is 3.66. The van der Waals surface area contributed by atoms with E-state index < -0.39 is 0 Å². The molecule has 1 heterocycles. The van der Waals surface area contributed by atoms with Crippen molar-refractivity contribution in [3.05, 3.63) is 22.6 Å². The van der Waals surface area contributed by atoms with E-state index in [9.17, 15) is 0 Å². The molecule has 2 rings (SSSR count). The highest BCUT2D eigenvalue weighted by Gasteiger charge is 2.24. The van der Waals surface area contributed by atoms with Crippen molar-refractivity contribution in [2.45, 2.75) is 31.7 Å². The van der Waals surface area contributed by atoms with Crippen molar-refractivity contribution in [3.63, 3.8) is 0 Å². The van der Waals surface area contributed by atoms with E-state index in [1.165, 1.54) is 19.3 Å². The van der Waals surface area contributed by atoms with Crippen LogP contribution in [0.2, 0.25) is 0 Å². The largest absolute Gasteiger partial charge is 0.457 e. The molecule has 1 fully saturated rings. The molecule has 14 heavy (non-hydrogen) atoms. The van der Waals surface area contributed by atoms with Gasteiger partial charge >= 0.3 is 0 Å². The molecule has 1 aromatic heterocycles. The molecule has 0 spiro atoms. The van der Waals surface area contributed by atoms with E-state index in [1.54, 1.807) is 6.26 Å². The number of halogens is 1. The topological polar surface area (TPSA) is 51.2 Å². The van der Waals surface area contributed by atoms with Gasteiger partial charge in [-0.2, -0.15) is 0 Å². The predicted molar refractivity (Wildman–Crippen MR) is 58.4 cm³/mol. The van der Waals surface area contributed by atoms with Crippen LogP contribution in [-0.4, -0.2) is 0 Å². The van der Waals surface area contributed by atoms with Crippen molar-refractivity contribution < 1.29 is 4.42 Å². The Hall–Kier alpha value is -0.320. The van der Waals surface area contributed by atoms with Gasteiger partial charge in [0.05, 0.1) is 12.3 Å². The smallest absolute Gasteiger partial charge is 0.173 e. The molecule has 0 saturated heterocycles. The monoisotopic (exact) mass is 258 g/mol. The van der Waals surface area contributed by atoms with Crippen LogP contribution < -0.4 is 11.3 Å². The molecule has 1 aliphatic carbocycles. The molecule has 1 saturated carbocycles. The molecule has 1 unspecified atom stereocenters. The Morgan fingerprint density at radius 3 is 2.86 bits per heavy atom. The lowest BCUT2D eigenvalue weighted by atomic mass is 9.80. The SMILES string of the molecule is NNC(CC1CCC1)c1ccoc1Br. The molecule has 3 N–H and O–H groups in total. The molecule has 0 amide bonds. The van der Waals surface area contributed by atoms with Gasteiger partial charge in [-0.1, -0.05) is 19.3 Å². The predicted octanol–water partition coefficient (Wildman–Crippen LogP) is 2.74. The van der Waals surface area contributed by atoms with E-state index in [0.29, 0.717) is 0 Å². The minimum atomic E-state index is 0.216. The summed E-state index contributed by atoms with van der Waals surface area (Å²) >= 11 is 3.38. The van der Waals surface area contributed by atoms with Crippen molar-refractivity contribution in [2.24, 2.45) is 11.8 Å². The number of hydrazine groups is 1. The lowest BCUT2D eigenvalue weighted by Crippen LogP contribution is -2.31.